The molecule has 2 aromatic carbocycles. The Balaban J connectivity index is 1.55. The molecule has 3 N–H and O–H groups in total. The van der Waals surface area contributed by atoms with E-state index < -0.39 is 11.0 Å². The van der Waals surface area contributed by atoms with Crippen molar-refractivity contribution in [3.63, 3.8) is 0 Å². The molecule has 2 amide bonds. The summed E-state index contributed by atoms with van der Waals surface area (Å²) in [5, 5.41) is 9.11. The van der Waals surface area contributed by atoms with Gasteiger partial charge in [0.2, 0.25) is 11.8 Å². The van der Waals surface area contributed by atoms with E-state index in [1.54, 1.807) is 18.2 Å². The Labute approximate surface area is 183 Å². The normalized spacial score (nSPS) is 17.1. The van der Waals surface area contributed by atoms with Crippen molar-refractivity contribution in [2.75, 3.05) is 11.9 Å². The van der Waals surface area contributed by atoms with Crippen molar-refractivity contribution in [3.05, 3.63) is 58.1 Å². The van der Waals surface area contributed by atoms with Gasteiger partial charge in [0.15, 0.2) is 0 Å². The lowest BCUT2D eigenvalue weighted by molar-refractivity contribution is -0.139. The Morgan fingerprint density at radius 3 is 2.67 bits per heavy atom. The van der Waals surface area contributed by atoms with E-state index in [0.717, 1.165) is 36.0 Å². The van der Waals surface area contributed by atoms with Gasteiger partial charge in [0.25, 0.3) is 0 Å². The molecule has 1 aliphatic carbocycles. The third-order valence-electron chi connectivity index (χ3n) is 5.87. The first-order valence-corrected chi connectivity index (χ1v) is 11.7. The van der Waals surface area contributed by atoms with E-state index in [4.69, 9.17) is 16.7 Å². The number of carbonyl (C=O) groups excluding carboxylic acids is 2. The molecule has 1 saturated carbocycles. The average Bonchev–Trinajstić information content (AvgIpc) is 2.67. The van der Waals surface area contributed by atoms with Crippen molar-refractivity contribution < 1.29 is 13.8 Å². The fourth-order valence-electron chi connectivity index (χ4n) is 4.03. The first-order chi connectivity index (χ1) is 14.4. The summed E-state index contributed by atoms with van der Waals surface area (Å²) in [7, 11) is -1.68. The Kier molecular flexibility index (Phi) is 6.22. The van der Waals surface area contributed by atoms with Crippen LogP contribution in [0.1, 0.15) is 36.0 Å². The van der Waals surface area contributed by atoms with Gasteiger partial charge in [0, 0.05) is 29.7 Å². The van der Waals surface area contributed by atoms with E-state index in [-0.39, 0.29) is 24.2 Å². The molecule has 1 aliphatic heterocycles. The quantitative estimate of drug-likeness (QED) is 0.740. The van der Waals surface area contributed by atoms with Crippen LogP contribution in [0.15, 0.2) is 41.3 Å². The van der Waals surface area contributed by atoms with Gasteiger partial charge >= 0.3 is 0 Å². The van der Waals surface area contributed by atoms with E-state index in [9.17, 15) is 13.8 Å². The smallest absolute Gasteiger partial charge is 0.228 e. The maximum absolute atomic E-state index is 12.7. The SMILES string of the molecule is NS(=O)c1cc(NC(=O)Cc2ccccc2Cl)cc2c1CCN(C(=O)C1CCC1)C2. The van der Waals surface area contributed by atoms with E-state index in [1.807, 2.05) is 23.1 Å². The monoisotopic (exact) mass is 445 g/mol. The number of carbonyl (C=O) groups is 2. The van der Waals surface area contributed by atoms with E-state index in [2.05, 4.69) is 5.32 Å². The fraction of sp³-hybridized carbons (Fsp3) is 0.364. The summed E-state index contributed by atoms with van der Waals surface area (Å²) < 4.78 is 12.1. The topological polar surface area (TPSA) is 92.5 Å². The summed E-state index contributed by atoms with van der Waals surface area (Å²) in [6.45, 7) is 1.05. The van der Waals surface area contributed by atoms with Crippen molar-refractivity contribution in [1.29, 1.82) is 0 Å². The molecule has 1 unspecified atom stereocenters. The maximum Gasteiger partial charge on any atom is 0.228 e. The molecule has 30 heavy (non-hydrogen) atoms. The summed E-state index contributed by atoms with van der Waals surface area (Å²) in [4.78, 5) is 27.6. The highest BCUT2D eigenvalue weighted by atomic mass is 35.5. The third-order valence-corrected chi connectivity index (χ3v) is 7.04. The second-order valence-electron chi connectivity index (χ2n) is 7.86. The standard InChI is InChI=1S/C22H24ClN3O3S/c23-19-7-2-1-4-15(19)11-21(27)25-17-10-16-13-26(22(28)14-5-3-6-14)9-8-18(16)20(12-17)30(24)29/h1-2,4,7,10,12,14H,3,5-6,8-9,11,13,24H2,(H,25,27). The maximum atomic E-state index is 12.7. The van der Waals surface area contributed by atoms with E-state index in [1.165, 1.54) is 0 Å². The van der Waals surface area contributed by atoms with Gasteiger partial charge in [-0.25, -0.2) is 9.35 Å². The summed E-state index contributed by atoms with van der Waals surface area (Å²) in [6.07, 6.45) is 3.76. The highest BCUT2D eigenvalue weighted by Crippen LogP contribution is 2.33. The van der Waals surface area contributed by atoms with Gasteiger partial charge in [-0.15, -0.1) is 0 Å². The van der Waals surface area contributed by atoms with Crippen LogP contribution in [0.4, 0.5) is 5.69 Å². The van der Waals surface area contributed by atoms with Crippen LogP contribution in [0.2, 0.25) is 5.02 Å². The number of nitrogens with zero attached hydrogens (tertiary/aromatic N) is 1. The Morgan fingerprint density at radius 1 is 1.23 bits per heavy atom. The number of halogens is 1. The fourth-order valence-corrected chi connectivity index (χ4v) is 4.95. The predicted octanol–water partition coefficient (Wildman–Crippen LogP) is 3.19. The van der Waals surface area contributed by atoms with Gasteiger partial charge in [-0.1, -0.05) is 36.2 Å². The second-order valence-corrected chi connectivity index (χ2v) is 9.31. The Morgan fingerprint density at radius 2 is 2.00 bits per heavy atom. The largest absolute Gasteiger partial charge is 0.338 e. The molecule has 0 aromatic heterocycles. The summed E-state index contributed by atoms with van der Waals surface area (Å²) in [5.74, 6) is 0.0960. The molecular formula is C22H24ClN3O3S. The molecule has 4 rings (SSSR count). The molecular weight excluding hydrogens is 422 g/mol. The van der Waals surface area contributed by atoms with Crippen LogP contribution in [0.5, 0.6) is 0 Å². The lowest BCUT2D eigenvalue weighted by atomic mass is 9.83. The third kappa shape index (κ3) is 4.43. The van der Waals surface area contributed by atoms with Crippen molar-refractivity contribution in [3.8, 4) is 0 Å². The summed E-state index contributed by atoms with van der Waals surface area (Å²) >= 11 is 6.15. The van der Waals surface area contributed by atoms with Gasteiger partial charge in [-0.05, 0) is 54.2 Å². The zero-order valence-electron chi connectivity index (χ0n) is 16.5. The number of fused-ring (bicyclic) bond motifs is 1. The molecule has 0 saturated heterocycles. The van der Waals surface area contributed by atoms with Crippen LogP contribution in [0, 0.1) is 5.92 Å². The van der Waals surface area contributed by atoms with Gasteiger partial charge in [-0.2, -0.15) is 0 Å². The average molecular weight is 446 g/mol. The summed E-state index contributed by atoms with van der Waals surface area (Å²) in [6, 6.07) is 10.7. The molecule has 8 heteroatoms. The zero-order chi connectivity index (χ0) is 21.3. The molecule has 158 valence electrons. The number of hydrogen-bond donors (Lipinski definition) is 2. The molecule has 1 heterocycles. The molecule has 1 fully saturated rings. The van der Waals surface area contributed by atoms with Crippen LogP contribution < -0.4 is 10.5 Å². The Hall–Kier alpha value is -2.22. The minimum atomic E-state index is -1.68. The van der Waals surface area contributed by atoms with Crippen molar-refractivity contribution >= 4 is 40.1 Å². The molecule has 6 nitrogen and oxygen atoms in total. The predicted molar refractivity (Wildman–Crippen MR) is 117 cm³/mol. The minimum Gasteiger partial charge on any atom is -0.338 e. The van der Waals surface area contributed by atoms with Crippen LogP contribution in [-0.4, -0.2) is 27.5 Å². The number of rotatable bonds is 5. The lowest BCUT2D eigenvalue weighted by Crippen LogP contribution is -2.42. The molecule has 2 aliphatic rings. The first kappa shape index (κ1) is 21.0. The van der Waals surface area contributed by atoms with Crippen LogP contribution in [0.3, 0.4) is 0 Å². The zero-order valence-corrected chi connectivity index (χ0v) is 18.1. The highest BCUT2D eigenvalue weighted by Gasteiger charge is 2.32. The van der Waals surface area contributed by atoms with Crippen molar-refractivity contribution in [2.45, 2.75) is 43.5 Å². The Bertz CT molecular complexity index is 1020. The minimum absolute atomic E-state index is 0.129. The second kappa shape index (κ2) is 8.88. The number of nitrogens with two attached hydrogens (primary N) is 1. The highest BCUT2D eigenvalue weighted by molar-refractivity contribution is 7.82. The lowest BCUT2D eigenvalue weighted by Gasteiger charge is -2.35. The van der Waals surface area contributed by atoms with Gasteiger partial charge in [0.1, 0.15) is 11.0 Å². The number of hydrogen-bond acceptors (Lipinski definition) is 3. The molecule has 0 spiro atoms. The van der Waals surface area contributed by atoms with Crippen molar-refractivity contribution in [1.82, 2.24) is 4.90 Å². The molecule has 0 bridgehead atoms. The number of benzene rings is 2. The molecule has 2 aromatic rings. The van der Waals surface area contributed by atoms with E-state index >= 15 is 0 Å². The van der Waals surface area contributed by atoms with Gasteiger partial charge in [-0.3, -0.25) is 9.59 Å². The van der Waals surface area contributed by atoms with Crippen LogP contribution in [-0.2, 0) is 40.0 Å². The number of anilines is 1. The van der Waals surface area contributed by atoms with Crippen molar-refractivity contribution in [2.24, 2.45) is 11.1 Å². The van der Waals surface area contributed by atoms with Gasteiger partial charge < -0.3 is 10.2 Å². The van der Waals surface area contributed by atoms with E-state index in [0.29, 0.717) is 35.1 Å². The van der Waals surface area contributed by atoms with Gasteiger partial charge in [0.05, 0.1) is 11.3 Å². The molecule has 0 radical (unpaired) electrons. The first-order valence-electron chi connectivity index (χ1n) is 10.1. The molecule has 1 atom stereocenters. The van der Waals surface area contributed by atoms with Crippen LogP contribution >= 0.6 is 11.6 Å². The number of nitrogens with one attached hydrogen (secondary N) is 1. The van der Waals surface area contributed by atoms with Crippen LogP contribution in [0.25, 0.3) is 0 Å². The summed E-state index contributed by atoms with van der Waals surface area (Å²) in [5.41, 5.74) is 3.06. The number of amides is 2.